The average molecular weight is 411 g/mol. The molecule has 0 amide bonds. The van der Waals surface area contributed by atoms with Crippen LogP contribution in [0.25, 0.3) is 0 Å². The quantitative estimate of drug-likeness (QED) is 0.515. The van der Waals surface area contributed by atoms with Crippen LogP contribution in [0.4, 0.5) is 4.39 Å². The molecule has 0 aromatic heterocycles. The first kappa shape index (κ1) is 17.1. The van der Waals surface area contributed by atoms with E-state index in [-0.39, 0.29) is 5.82 Å². The van der Waals surface area contributed by atoms with Crippen molar-refractivity contribution in [3.05, 3.63) is 68.9 Å². The molecule has 0 fully saturated rings. The summed E-state index contributed by atoms with van der Waals surface area (Å²) in [6.45, 7) is 0. The molecule has 0 spiro atoms. The van der Waals surface area contributed by atoms with E-state index in [0.717, 1.165) is 10.0 Å². The fourth-order valence-corrected chi connectivity index (χ4v) is 3.92. The lowest BCUT2D eigenvalue weighted by atomic mass is 9.78. The number of hydrogen-bond donors (Lipinski definition) is 0. The number of rotatable bonds is 5. The zero-order chi connectivity index (χ0) is 15.5. The second-order valence-corrected chi connectivity index (χ2v) is 6.77. The van der Waals surface area contributed by atoms with E-state index >= 15 is 0 Å². The molecule has 0 aliphatic heterocycles. The fraction of sp³-hybridized carbons (Fsp3) is 0.250. The first-order chi connectivity index (χ1) is 10.0. The van der Waals surface area contributed by atoms with Crippen LogP contribution in [0.15, 0.2) is 46.9 Å². The van der Waals surface area contributed by atoms with Gasteiger partial charge in [0.25, 0.3) is 0 Å². The molecule has 2 aromatic rings. The van der Waals surface area contributed by atoms with Crippen molar-refractivity contribution in [3.8, 4) is 0 Å². The lowest BCUT2D eigenvalue weighted by Crippen LogP contribution is -2.34. The van der Waals surface area contributed by atoms with E-state index in [0.29, 0.717) is 28.8 Å². The molecule has 0 saturated heterocycles. The maximum absolute atomic E-state index is 14.1. The minimum Gasteiger partial charge on any atom is -0.207 e. The van der Waals surface area contributed by atoms with Crippen LogP contribution in [0.1, 0.15) is 11.1 Å². The van der Waals surface area contributed by atoms with Crippen LogP contribution in [-0.4, -0.2) is 11.8 Å². The van der Waals surface area contributed by atoms with Gasteiger partial charge in [-0.1, -0.05) is 51.8 Å². The van der Waals surface area contributed by atoms with Gasteiger partial charge in [-0.3, -0.25) is 0 Å². The Kier molecular flexibility index (Phi) is 5.96. The van der Waals surface area contributed by atoms with Crippen LogP contribution >= 0.6 is 50.7 Å². The normalized spacial score (nSPS) is 11.7. The minimum atomic E-state index is -0.544. The predicted molar refractivity (Wildman–Crippen MR) is 92.4 cm³/mol. The molecule has 0 bridgehead atoms. The summed E-state index contributed by atoms with van der Waals surface area (Å²) in [5, 5.41) is 0.375. The van der Waals surface area contributed by atoms with Crippen LogP contribution in [-0.2, 0) is 11.8 Å². The van der Waals surface area contributed by atoms with Crippen molar-refractivity contribution >= 4 is 50.7 Å². The molecule has 0 saturated carbocycles. The monoisotopic (exact) mass is 408 g/mol. The van der Waals surface area contributed by atoms with Crippen LogP contribution in [0.2, 0.25) is 5.02 Å². The Balaban J connectivity index is 2.46. The molecule has 0 N–H and O–H groups in total. The van der Waals surface area contributed by atoms with E-state index in [1.165, 1.54) is 6.07 Å². The maximum Gasteiger partial charge on any atom is 0.127 e. The Hall–Kier alpha value is -0.280. The molecule has 0 nitrogen and oxygen atoms in total. The van der Waals surface area contributed by atoms with E-state index < -0.39 is 5.41 Å². The van der Waals surface area contributed by atoms with E-state index in [9.17, 15) is 4.39 Å². The highest BCUT2D eigenvalue weighted by Gasteiger charge is 2.33. The molecule has 0 radical (unpaired) electrons. The Morgan fingerprint density at radius 3 is 2.29 bits per heavy atom. The molecular weight excluding hydrogens is 397 g/mol. The highest BCUT2D eigenvalue weighted by atomic mass is 79.9. The van der Waals surface area contributed by atoms with Gasteiger partial charge in [0.15, 0.2) is 0 Å². The smallest absolute Gasteiger partial charge is 0.127 e. The Morgan fingerprint density at radius 2 is 1.71 bits per heavy atom. The molecule has 0 heterocycles. The number of benzene rings is 2. The first-order valence-electron chi connectivity index (χ1n) is 6.33. The van der Waals surface area contributed by atoms with Gasteiger partial charge < -0.3 is 0 Å². The summed E-state index contributed by atoms with van der Waals surface area (Å²) in [6, 6.07) is 12.4. The fourth-order valence-electron chi connectivity index (χ4n) is 2.29. The van der Waals surface area contributed by atoms with E-state index in [1.54, 1.807) is 12.1 Å². The van der Waals surface area contributed by atoms with Crippen molar-refractivity contribution in [1.82, 2.24) is 0 Å². The van der Waals surface area contributed by atoms with Crippen LogP contribution in [0.3, 0.4) is 0 Å². The maximum atomic E-state index is 14.1. The summed E-state index contributed by atoms with van der Waals surface area (Å²) < 4.78 is 15.0. The molecule has 2 rings (SSSR count). The topological polar surface area (TPSA) is 0 Å². The summed E-state index contributed by atoms with van der Waals surface area (Å²) >= 11 is 21.7. The third kappa shape index (κ3) is 3.73. The van der Waals surface area contributed by atoms with Gasteiger partial charge in [-0.2, -0.15) is 0 Å². The largest absolute Gasteiger partial charge is 0.207 e. The van der Waals surface area contributed by atoms with Crippen molar-refractivity contribution in [2.24, 2.45) is 0 Å². The van der Waals surface area contributed by atoms with Gasteiger partial charge in [0.2, 0.25) is 0 Å². The van der Waals surface area contributed by atoms with Gasteiger partial charge in [-0.05, 0) is 35.7 Å². The van der Waals surface area contributed by atoms with Gasteiger partial charge >= 0.3 is 0 Å². The molecule has 0 atom stereocenters. The first-order valence-corrected chi connectivity index (χ1v) is 8.57. The number of halogens is 5. The summed E-state index contributed by atoms with van der Waals surface area (Å²) in [6.07, 6.45) is 0.408. The Bertz CT molecular complexity index is 627. The van der Waals surface area contributed by atoms with Gasteiger partial charge in [0.1, 0.15) is 5.82 Å². The lowest BCUT2D eigenvalue weighted by Gasteiger charge is -2.31. The molecule has 0 unspecified atom stereocenters. The molecule has 112 valence electrons. The van der Waals surface area contributed by atoms with Gasteiger partial charge in [0.05, 0.1) is 0 Å². The summed E-state index contributed by atoms with van der Waals surface area (Å²) in [5.41, 5.74) is 0.985. The van der Waals surface area contributed by atoms with Crippen molar-refractivity contribution < 1.29 is 4.39 Å². The second kappa shape index (κ2) is 7.32. The molecule has 2 aromatic carbocycles. The lowest BCUT2D eigenvalue weighted by molar-refractivity contribution is 0.510. The van der Waals surface area contributed by atoms with Crippen molar-refractivity contribution in [2.45, 2.75) is 11.8 Å². The molecule has 21 heavy (non-hydrogen) atoms. The van der Waals surface area contributed by atoms with E-state index in [1.807, 2.05) is 24.3 Å². The Morgan fingerprint density at radius 1 is 1.05 bits per heavy atom. The number of alkyl halides is 2. The van der Waals surface area contributed by atoms with Crippen LogP contribution < -0.4 is 0 Å². The summed E-state index contributed by atoms with van der Waals surface area (Å²) in [5.74, 6) is 0.247. The van der Waals surface area contributed by atoms with Crippen molar-refractivity contribution in [2.75, 3.05) is 11.8 Å². The molecule has 0 aliphatic rings. The SMILES string of the molecule is Fc1cc(Cl)ccc1CC(CCl)(CCl)c1ccccc1Br. The van der Waals surface area contributed by atoms with Crippen molar-refractivity contribution in [3.63, 3.8) is 0 Å². The Labute approximate surface area is 147 Å². The molecule has 0 aliphatic carbocycles. The predicted octanol–water partition coefficient (Wildman–Crippen LogP) is 6.20. The third-order valence-electron chi connectivity index (χ3n) is 3.50. The van der Waals surface area contributed by atoms with E-state index in [2.05, 4.69) is 15.9 Å². The molecular formula is C16H13BrCl3F. The standard InChI is InChI=1S/C16H13BrCl3F/c17-14-4-2-1-3-13(14)16(9-18,10-19)8-11-5-6-12(20)7-15(11)21/h1-7H,8-10H2. The highest BCUT2D eigenvalue weighted by Crippen LogP contribution is 2.36. The zero-order valence-electron chi connectivity index (χ0n) is 11.1. The van der Waals surface area contributed by atoms with Gasteiger partial charge in [-0.15, -0.1) is 23.2 Å². The third-order valence-corrected chi connectivity index (χ3v) is 5.45. The minimum absolute atomic E-state index is 0.293. The zero-order valence-corrected chi connectivity index (χ0v) is 14.9. The van der Waals surface area contributed by atoms with Crippen LogP contribution in [0, 0.1) is 5.82 Å². The summed E-state index contributed by atoms with van der Waals surface area (Å²) in [7, 11) is 0. The van der Waals surface area contributed by atoms with Gasteiger partial charge in [-0.25, -0.2) is 4.39 Å². The van der Waals surface area contributed by atoms with Gasteiger partial charge in [0, 0.05) is 26.7 Å². The van der Waals surface area contributed by atoms with Crippen LogP contribution in [0.5, 0.6) is 0 Å². The average Bonchev–Trinajstić information content (AvgIpc) is 2.48. The molecule has 5 heteroatoms. The van der Waals surface area contributed by atoms with Crippen molar-refractivity contribution in [1.29, 1.82) is 0 Å². The second-order valence-electron chi connectivity index (χ2n) is 4.94. The summed E-state index contributed by atoms with van der Waals surface area (Å²) in [4.78, 5) is 0. The number of hydrogen-bond acceptors (Lipinski definition) is 0. The van der Waals surface area contributed by atoms with E-state index in [4.69, 9.17) is 34.8 Å². The highest BCUT2D eigenvalue weighted by molar-refractivity contribution is 9.10.